The number of hydrogen-bond donors (Lipinski definition) is 3. The Morgan fingerprint density at radius 1 is 1.44 bits per heavy atom. The molecule has 0 aromatic carbocycles. The van der Waals surface area contributed by atoms with E-state index >= 15 is 0 Å². The third-order valence-electron chi connectivity index (χ3n) is 3.15. The standard InChI is InChI=1S/C10H14N2O4/c13-5-6-1-2-7(9(6)15)12-4-3-8(14)11-10(12)16/h3-4,6-7,9,13,15H,1-2,5H2,(H,11,14,16)/t6-,7-,9-/m1/s1. The van der Waals surface area contributed by atoms with Crippen molar-refractivity contribution in [2.75, 3.05) is 6.61 Å². The molecule has 6 heteroatoms. The quantitative estimate of drug-likeness (QED) is 0.593. The lowest BCUT2D eigenvalue weighted by Gasteiger charge is -2.19. The molecule has 0 bridgehead atoms. The fourth-order valence-electron chi connectivity index (χ4n) is 2.23. The maximum atomic E-state index is 11.5. The fraction of sp³-hybridized carbons (Fsp3) is 0.600. The summed E-state index contributed by atoms with van der Waals surface area (Å²) in [5.74, 6) is -0.191. The van der Waals surface area contributed by atoms with Gasteiger partial charge in [0.05, 0.1) is 12.1 Å². The maximum Gasteiger partial charge on any atom is 0.328 e. The molecular formula is C10H14N2O4. The van der Waals surface area contributed by atoms with Crippen LogP contribution in [0.25, 0.3) is 0 Å². The van der Waals surface area contributed by atoms with Crippen molar-refractivity contribution in [2.45, 2.75) is 25.0 Å². The van der Waals surface area contributed by atoms with Crippen molar-refractivity contribution in [2.24, 2.45) is 5.92 Å². The van der Waals surface area contributed by atoms with Gasteiger partial charge in [0.2, 0.25) is 0 Å². The van der Waals surface area contributed by atoms with Gasteiger partial charge in [-0.3, -0.25) is 14.3 Å². The van der Waals surface area contributed by atoms with Gasteiger partial charge in [-0.1, -0.05) is 0 Å². The van der Waals surface area contributed by atoms with E-state index in [2.05, 4.69) is 4.98 Å². The number of rotatable bonds is 2. The second-order valence-electron chi connectivity index (χ2n) is 4.10. The van der Waals surface area contributed by atoms with Crippen molar-refractivity contribution >= 4 is 0 Å². The molecule has 1 aromatic rings. The minimum atomic E-state index is -0.742. The summed E-state index contributed by atoms with van der Waals surface area (Å²) in [5, 5.41) is 18.9. The van der Waals surface area contributed by atoms with E-state index in [1.54, 1.807) is 0 Å². The van der Waals surface area contributed by atoms with E-state index in [0.717, 1.165) is 0 Å². The Kier molecular flexibility index (Phi) is 2.93. The van der Waals surface area contributed by atoms with Crippen molar-refractivity contribution in [3.8, 4) is 0 Å². The Hall–Kier alpha value is -1.40. The van der Waals surface area contributed by atoms with Gasteiger partial charge in [0, 0.05) is 24.8 Å². The second-order valence-corrected chi connectivity index (χ2v) is 4.10. The number of aromatic amines is 1. The number of aromatic nitrogens is 2. The van der Waals surface area contributed by atoms with Gasteiger partial charge in [-0.05, 0) is 12.8 Å². The number of nitrogens with zero attached hydrogens (tertiary/aromatic N) is 1. The highest BCUT2D eigenvalue weighted by molar-refractivity contribution is 4.93. The van der Waals surface area contributed by atoms with E-state index in [-0.39, 0.29) is 18.6 Å². The van der Waals surface area contributed by atoms with Gasteiger partial charge in [-0.15, -0.1) is 0 Å². The molecule has 3 atom stereocenters. The van der Waals surface area contributed by atoms with Crippen LogP contribution in [0.4, 0.5) is 0 Å². The Labute approximate surface area is 91.2 Å². The third kappa shape index (κ3) is 1.81. The first-order valence-electron chi connectivity index (χ1n) is 5.24. The molecule has 16 heavy (non-hydrogen) atoms. The van der Waals surface area contributed by atoms with Crippen LogP contribution < -0.4 is 11.2 Å². The second kappa shape index (κ2) is 4.23. The summed E-state index contributed by atoms with van der Waals surface area (Å²) in [4.78, 5) is 24.5. The minimum Gasteiger partial charge on any atom is -0.396 e. The molecule has 0 unspecified atom stereocenters. The topological polar surface area (TPSA) is 95.3 Å². The van der Waals surface area contributed by atoms with Crippen LogP contribution in [0.1, 0.15) is 18.9 Å². The molecule has 88 valence electrons. The van der Waals surface area contributed by atoms with Crippen LogP contribution in [0.2, 0.25) is 0 Å². The van der Waals surface area contributed by atoms with E-state index < -0.39 is 17.4 Å². The Balaban J connectivity index is 2.32. The first-order chi connectivity index (χ1) is 7.63. The third-order valence-corrected chi connectivity index (χ3v) is 3.15. The highest BCUT2D eigenvalue weighted by atomic mass is 16.3. The number of H-pyrrole nitrogens is 1. The molecular weight excluding hydrogens is 212 g/mol. The minimum absolute atomic E-state index is 0.0875. The number of hydrogen-bond acceptors (Lipinski definition) is 4. The van der Waals surface area contributed by atoms with Crippen LogP contribution in [0, 0.1) is 5.92 Å². The van der Waals surface area contributed by atoms with Crippen molar-refractivity contribution in [3.63, 3.8) is 0 Å². The van der Waals surface area contributed by atoms with Gasteiger partial charge in [0.15, 0.2) is 0 Å². The van der Waals surface area contributed by atoms with Crippen LogP contribution in [0.3, 0.4) is 0 Å². The zero-order valence-electron chi connectivity index (χ0n) is 8.67. The highest BCUT2D eigenvalue weighted by Gasteiger charge is 2.35. The highest BCUT2D eigenvalue weighted by Crippen LogP contribution is 2.33. The molecule has 1 aliphatic rings. The van der Waals surface area contributed by atoms with Crippen LogP contribution >= 0.6 is 0 Å². The summed E-state index contributed by atoms with van der Waals surface area (Å²) >= 11 is 0. The monoisotopic (exact) mass is 226 g/mol. The molecule has 1 saturated carbocycles. The summed E-state index contributed by atoms with van der Waals surface area (Å²) in [6.07, 6.45) is 1.94. The molecule has 0 aliphatic heterocycles. The summed E-state index contributed by atoms with van der Waals surface area (Å²) in [6, 6.07) is 0.891. The first kappa shape index (κ1) is 11.1. The van der Waals surface area contributed by atoms with Gasteiger partial charge in [-0.2, -0.15) is 0 Å². The molecule has 2 rings (SSSR count). The van der Waals surface area contributed by atoms with Crippen LogP contribution in [-0.4, -0.2) is 32.5 Å². The summed E-state index contributed by atoms with van der Waals surface area (Å²) < 4.78 is 1.32. The maximum absolute atomic E-state index is 11.5. The average molecular weight is 226 g/mol. The van der Waals surface area contributed by atoms with E-state index in [4.69, 9.17) is 5.11 Å². The van der Waals surface area contributed by atoms with Gasteiger partial charge in [-0.25, -0.2) is 4.79 Å². The van der Waals surface area contributed by atoms with Crippen molar-refractivity contribution in [1.82, 2.24) is 9.55 Å². The normalized spacial score (nSPS) is 29.5. The van der Waals surface area contributed by atoms with E-state index in [0.29, 0.717) is 12.8 Å². The molecule has 0 saturated heterocycles. The lowest BCUT2D eigenvalue weighted by Crippen LogP contribution is -2.36. The summed E-state index contributed by atoms with van der Waals surface area (Å²) in [7, 11) is 0. The molecule has 1 heterocycles. The Morgan fingerprint density at radius 3 is 2.75 bits per heavy atom. The lowest BCUT2D eigenvalue weighted by molar-refractivity contribution is 0.0628. The molecule has 3 N–H and O–H groups in total. The predicted molar refractivity (Wildman–Crippen MR) is 56.2 cm³/mol. The van der Waals surface area contributed by atoms with Crippen molar-refractivity contribution < 1.29 is 10.2 Å². The number of aliphatic hydroxyl groups is 2. The van der Waals surface area contributed by atoms with E-state index in [1.807, 2.05) is 0 Å². The number of aliphatic hydroxyl groups excluding tert-OH is 2. The van der Waals surface area contributed by atoms with Crippen molar-refractivity contribution in [1.29, 1.82) is 0 Å². The Bertz CT molecular complexity index is 478. The van der Waals surface area contributed by atoms with Gasteiger partial charge >= 0.3 is 5.69 Å². The van der Waals surface area contributed by atoms with E-state index in [1.165, 1.54) is 16.8 Å². The fourth-order valence-corrected chi connectivity index (χ4v) is 2.23. The molecule has 1 fully saturated rings. The lowest BCUT2D eigenvalue weighted by atomic mass is 10.1. The average Bonchev–Trinajstić information content (AvgIpc) is 2.60. The van der Waals surface area contributed by atoms with Crippen molar-refractivity contribution in [3.05, 3.63) is 33.1 Å². The zero-order valence-corrected chi connectivity index (χ0v) is 8.67. The molecule has 6 nitrogen and oxygen atoms in total. The molecule has 0 amide bonds. The largest absolute Gasteiger partial charge is 0.396 e. The smallest absolute Gasteiger partial charge is 0.328 e. The van der Waals surface area contributed by atoms with Gasteiger partial charge in [0.25, 0.3) is 5.56 Å². The van der Waals surface area contributed by atoms with Gasteiger partial charge in [0.1, 0.15) is 0 Å². The van der Waals surface area contributed by atoms with E-state index in [9.17, 15) is 14.7 Å². The SMILES string of the molecule is O=c1ccn([C@@H]2CC[C@H](CO)[C@H]2O)c(=O)[nH]1. The zero-order chi connectivity index (χ0) is 11.7. The van der Waals surface area contributed by atoms with Crippen LogP contribution in [0.15, 0.2) is 21.9 Å². The van der Waals surface area contributed by atoms with Crippen LogP contribution in [0.5, 0.6) is 0 Å². The molecule has 1 aromatic heterocycles. The Morgan fingerprint density at radius 2 is 2.19 bits per heavy atom. The first-order valence-corrected chi connectivity index (χ1v) is 5.24. The predicted octanol–water partition coefficient (Wildman–Crippen LogP) is -1.16. The summed E-state index contributed by atoms with van der Waals surface area (Å²) in [6.45, 7) is -0.0875. The molecule has 0 radical (unpaired) electrons. The van der Waals surface area contributed by atoms with Crippen LogP contribution in [-0.2, 0) is 0 Å². The number of nitrogens with one attached hydrogen (secondary N) is 1. The molecule has 0 spiro atoms. The van der Waals surface area contributed by atoms with Gasteiger partial charge < -0.3 is 10.2 Å². The summed E-state index contributed by atoms with van der Waals surface area (Å²) in [5.41, 5.74) is -0.970. The molecule has 1 aliphatic carbocycles.